The SMILES string of the molecule is CN(C)c1cc(C(C)(C)O)ncc1Cl. The summed E-state index contributed by atoms with van der Waals surface area (Å²) in [6, 6.07) is 1.79. The first-order valence-electron chi connectivity index (χ1n) is 4.38. The molecule has 1 heterocycles. The largest absolute Gasteiger partial charge is 0.384 e. The second kappa shape index (κ2) is 3.75. The fraction of sp³-hybridized carbons (Fsp3) is 0.500. The van der Waals surface area contributed by atoms with E-state index in [1.54, 1.807) is 26.1 Å². The minimum atomic E-state index is -0.935. The van der Waals surface area contributed by atoms with Gasteiger partial charge in [-0.25, -0.2) is 0 Å². The Kier molecular flexibility index (Phi) is 3.02. The number of rotatable bonds is 2. The molecule has 3 nitrogen and oxygen atoms in total. The number of nitrogens with zero attached hydrogens (tertiary/aromatic N) is 2. The van der Waals surface area contributed by atoms with Gasteiger partial charge in [0.15, 0.2) is 0 Å². The number of pyridine rings is 1. The normalized spacial score (nSPS) is 11.6. The van der Waals surface area contributed by atoms with Crippen molar-refractivity contribution >= 4 is 17.3 Å². The van der Waals surface area contributed by atoms with Crippen LogP contribution in [0.25, 0.3) is 0 Å². The monoisotopic (exact) mass is 214 g/mol. The molecule has 0 unspecified atom stereocenters. The highest BCUT2D eigenvalue weighted by molar-refractivity contribution is 6.33. The van der Waals surface area contributed by atoms with E-state index in [-0.39, 0.29) is 0 Å². The Morgan fingerprint density at radius 2 is 2.00 bits per heavy atom. The number of halogens is 1. The summed E-state index contributed by atoms with van der Waals surface area (Å²) < 4.78 is 0. The second-order valence-corrected chi connectivity index (χ2v) is 4.38. The molecular formula is C10H15ClN2O. The molecule has 4 heteroatoms. The van der Waals surface area contributed by atoms with Gasteiger partial charge in [-0.3, -0.25) is 4.98 Å². The Labute approximate surface area is 89.3 Å². The number of hydrogen-bond acceptors (Lipinski definition) is 3. The van der Waals surface area contributed by atoms with Gasteiger partial charge in [0.1, 0.15) is 5.60 Å². The van der Waals surface area contributed by atoms with E-state index < -0.39 is 5.60 Å². The Bertz CT molecular complexity index is 331. The maximum atomic E-state index is 9.76. The predicted octanol–water partition coefficient (Wildman–Crippen LogP) is 2.03. The average molecular weight is 215 g/mol. The third kappa shape index (κ3) is 2.36. The van der Waals surface area contributed by atoms with Crippen molar-refractivity contribution in [2.24, 2.45) is 0 Å². The van der Waals surface area contributed by atoms with Crippen molar-refractivity contribution in [3.63, 3.8) is 0 Å². The minimum Gasteiger partial charge on any atom is -0.384 e. The lowest BCUT2D eigenvalue weighted by molar-refractivity contribution is 0.0739. The molecule has 0 aliphatic carbocycles. The van der Waals surface area contributed by atoms with E-state index in [0.29, 0.717) is 10.7 Å². The van der Waals surface area contributed by atoms with E-state index in [9.17, 15) is 5.11 Å². The van der Waals surface area contributed by atoms with Crippen LogP contribution in [-0.2, 0) is 5.60 Å². The van der Waals surface area contributed by atoms with E-state index in [4.69, 9.17) is 11.6 Å². The predicted molar refractivity (Wildman–Crippen MR) is 58.8 cm³/mol. The molecule has 0 aromatic carbocycles. The molecule has 0 amide bonds. The van der Waals surface area contributed by atoms with Crippen LogP contribution in [0.15, 0.2) is 12.3 Å². The van der Waals surface area contributed by atoms with Crippen molar-refractivity contribution in [3.8, 4) is 0 Å². The van der Waals surface area contributed by atoms with Crippen LogP contribution in [0.2, 0.25) is 5.02 Å². The Balaban J connectivity index is 3.20. The molecule has 14 heavy (non-hydrogen) atoms. The number of anilines is 1. The van der Waals surface area contributed by atoms with E-state index in [1.807, 2.05) is 19.0 Å². The summed E-state index contributed by atoms with van der Waals surface area (Å²) in [6.07, 6.45) is 1.56. The second-order valence-electron chi connectivity index (χ2n) is 3.97. The van der Waals surface area contributed by atoms with Crippen molar-refractivity contribution in [1.29, 1.82) is 0 Å². The number of hydrogen-bond donors (Lipinski definition) is 1. The molecule has 1 N–H and O–H groups in total. The van der Waals surface area contributed by atoms with Crippen LogP contribution in [0.1, 0.15) is 19.5 Å². The Morgan fingerprint density at radius 1 is 1.43 bits per heavy atom. The summed E-state index contributed by atoms with van der Waals surface area (Å²) in [5.74, 6) is 0. The zero-order valence-electron chi connectivity index (χ0n) is 8.87. The van der Waals surface area contributed by atoms with Crippen LogP contribution in [0.3, 0.4) is 0 Å². The van der Waals surface area contributed by atoms with E-state index in [2.05, 4.69) is 4.98 Å². The van der Waals surface area contributed by atoms with Gasteiger partial charge in [-0.2, -0.15) is 0 Å². The van der Waals surface area contributed by atoms with Crippen LogP contribution in [0.5, 0.6) is 0 Å². The zero-order chi connectivity index (χ0) is 10.9. The summed E-state index contributed by atoms with van der Waals surface area (Å²) in [5, 5.41) is 10.3. The van der Waals surface area contributed by atoms with Gasteiger partial charge in [0.05, 0.1) is 16.4 Å². The zero-order valence-corrected chi connectivity index (χ0v) is 9.63. The highest BCUT2D eigenvalue weighted by atomic mass is 35.5. The smallest absolute Gasteiger partial charge is 0.101 e. The maximum absolute atomic E-state index is 9.76. The molecule has 0 saturated carbocycles. The topological polar surface area (TPSA) is 36.4 Å². The first kappa shape index (κ1) is 11.3. The van der Waals surface area contributed by atoms with Gasteiger partial charge in [0, 0.05) is 20.3 Å². The van der Waals surface area contributed by atoms with Crippen LogP contribution < -0.4 is 4.90 Å². The molecule has 0 aliphatic heterocycles. The molecule has 78 valence electrons. The average Bonchev–Trinajstić information content (AvgIpc) is 2.02. The molecule has 0 bridgehead atoms. The van der Waals surface area contributed by atoms with Crippen LogP contribution in [-0.4, -0.2) is 24.2 Å². The first-order chi connectivity index (χ1) is 6.32. The van der Waals surface area contributed by atoms with Gasteiger partial charge in [-0.15, -0.1) is 0 Å². The third-order valence-corrected chi connectivity index (χ3v) is 2.23. The van der Waals surface area contributed by atoms with Gasteiger partial charge >= 0.3 is 0 Å². The molecule has 0 atom stereocenters. The van der Waals surface area contributed by atoms with Crippen molar-refractivity contribution < 1.29 is 5.11 Å². The fourth-order valence-electron chi connectivity index (χ4n) is 1.11. The molecule has 1 aromatic rings. The van der Waals surface area contributed by atoms with Crippen molar-refractivity contribution in [3.05, 3.63) is 23.0 Å². The Hall–Kier alpha value is -0.800. The lowest BCUT2D eigenvalue weighted by Gasteiger charge is -2.20. The number of aliphatic hydroxyl groups is 1. The number of aromatic nitrogens is 1. The maximum Gasteiger partial charge on any atom is 0.101 e. The molecule has 1 rings (SSSR count). The van der Waals surface area contributed by atoms with Gasteiger partial charge in [0.2, 0.25) is 0 Å². The lowest BCUT2D eigenvalue weighted by Crippen LogP contribution is -2.19. The summed E-state index contributed by atoms with van der Waals surface area (Å²) in [6.45, 7) is 3.39. The standard InChI is InChI=1S/C10H15ClN2O/c1-10(2,14)9-5-8(13(3)4)7(11)6-12-9/h5-6,14H,1-4H3. The van der Waals surface area contributed by atoms with Crippen LogP contribution >= 0.6 is 11.6 Å². The van der Waals surface area contributed by atoms with Gasteiger partial charge in [-0.1, -0.05) is 11.6 Å². The summed E-state index contributed by atoms with van der Waals surface area (Å²) >= 11 is 5.96. The lowest BCUT2D eigenvalue weighted by atomic mass is 10.0. The van der Waals surface area contributed by atoms with Gasteiger partial charge < -0.3 is 10.0 Å². The van der Waals surface area contributed by atoms with Gasteiger partial charge in [-0.05, 0) is 19.9 Å². The molecule has 0 radical (unpaired) electrons. The van der Waals surface area contributed by atoms with Crippen molar-refractivity contribution in [2.45, 2.75) is 19.4 Å². The molecule has 0 fully saturated rings. The van der Waals surface area contributed by atoms with Crippen molar-refractivity contribution in [2.75, 3.05) is 19.0 Å². The van der Waals surface area contributed by atoms with Crippen LogP contribution in [0.4, 0.5) is 5.69 Å². The molecule has 0 saturated heterocycles. The molecule has 0 aliphatic rings. The molecule has 1 aromatic heterocycles. The Morgan fingerprint density at radius 3 is 2.43 bits per heavy atom. The quantitative estimate of drug-likeness (QED) is 0.819. The fourth-order valence-corrected chi connectivity index (χ4v) is 1.38. The van der Waals surface area contributed by atoms with E-state index >= 15 is 0 Å². The van der Waals surface area contributed by atoms with Crippen molar-refractivity contribution in [1.82, 2.24) is 4.98 Å². The van der Waals surface area contributed by atoms with E-state index in [1.165, 1.54) is 0 Å². The van der Waals surface area contributed by atoms with Crippen LogP contribution in [0, 0.1) is 0 Å². The molecular weight excluding hydrogens is 200 g/mol. The highest BCUT2D eigenvalue weighted by Crippen LogP contribution is 2.27. The first-order valence-corrected chi connectivity index (χ1v) is 4.76. The summed E-state index contributed by atoms with van der Waals surface area (Å²) in [7, 11) is 3.80. The van der Waals surface area contributed by atoms with E-state index in [0.717, 1.165) is 5.69 Å². The summed E-state index contributed by atoms with van der Waals surface area (Å²) in [4.78, 5) is 5.97. The molecule has 0 spiro atoms. The highest BCUT2D eigenvalue weighted by Gasteiger charge is 2.19. The summed E-state index contributed by atoms with van der Waals surface area (Å²) in [5.41, 5.74) is 0.541. The third-order valence-electron chi connectivity index (χ3n) is 1.94. The van der Waals surface area contributed by atoms with Gasteiger partial charge in [0.25, 0.3) is 0 Å². The minimum absolute atomic E-state index is 0.586.